The lowest BCUT2D eigenvalue weighted by atomic mass is 10.1. The first kappa shape index (κ1) is 14.8. The fraction of sp³-hybridized carbons (Fsp3) is 0.200. The SMILES string of the molecule is COCCc1ccccc1Nc1cccc(N)c1[N+](=O)[O-]. The summed E-state index contributed by atoms with van der Waals surface area (Å²) in [5, 5.41) is 14.3. The van der Waals surface area contributed by atoms with Crippen molar-refractivity contribution in [2.45, 2.75) is 6.42 Å². The summed E-state index contributed by atoms with van der Waals surface area (Å²) in [6.45, 7) is 0.581. The van der Waals surface area contributed by atoms with E-state index in [0.717, 1.165) is 17.7 Å². The molecule has 0 unspecified atom stereocenters. The van der Waals surface area contributed by atoms with Crippen LogP contribution in [0.3, 0.4) is 0 Å². The number of para-hydroxylation sites is 2. The first-order valence-corrected chi connectivity index (χ1v) is 6.50. The highest BCUT2D eigenvalue weighted by Gasteiger charge is 2.18. The molecule has 21 heavy (non-hydrogen) atoms. The van der Waals surface area contributed by atoms with E-state index in [2.05, 4.69) is 5.32 Å². The molecular formula is C15H17N3O3. The molecule has 2 aromatic rings. The number of hydrogen-bond acceptors (Lipinski definition) is 5. The zero-order chi connectivity index (χ0) is 15.2. The molecule has 0 aliphatic rings. The van der Waals surface area contributed by atoms with Gasteiger partial charge in [0.1, 0.15) is 11.4 Å². The van der Waals surface area contributed by atoms with E-state index in [1.807, 2.05) is 24.3 Å². The van der Waals surface area contributed by atoms with Gasteiger partial charge in [0.25, 0.3) is 0 Å². The van der Waals surface area contributed by atoms with Crippen LogP contribution in [0.2, 0.25) is 0 Å². The van der Waals surface area contributed by atoms with Gasteiger partial charge in [0.15, 0.2) is 0 Å². The van der Waals surface area contributed by atoms with Gasteiger partial charge in [0.2, 0.25) is 0 Å². The highest BCUT2D eigenvalue weighted by molar-refractivity contribution is 5.79. The van der Waals surface area contributed by atoms with Gasteiger partial charge in [-0.1, -0.05) is 24.3 Å². The van der Waals surface area contributed by atoms with Crippen molar-refractivity contribution in [2.24, 2.45) is 0 Å². The van der Waals surface area contributed by atoms with Crippen molar-refractivity contribution in [3.8, 4) is 0 Å². The van der Waals surface area contributed by atoms with E-state index in [0.29, 0.717) is 12.3 Å². The molecule has 110 valence electrons. The fourth-order valence-electron chi connectivity index (χ4n) is 2.08. The Morgan fingerprint density at radius 3 is 2.62 bits per heavy atom. The third-order valence-electron chi connectivity index (χ3n) is 3.11. The number of anilines is 3. The van der Waals surface area contributed by atoms with E-state index in [-0.39, 0.29) is 11.4 Å². The predicted octanol–water partition coefficient (Wildman–Crippen LogP) is 3.11. The monoisotopic (exact) mass is 287 g/mol. The number of rotatable bonds is 6. The summed E-state index contributed by atoms with van der Waals surface area (Å²) in [6, 6.07) is 12.5. The molecule has 0 fully saturated rings. The van der Waals surface area contributed by atoms with Gasteiger partial charge in [0, 0.05) is 12.8 Å². The van der Waals surface area contributed by atoms with Crippen LogP contribution >= 0.6 is 0 Å². The number of nitrogens with zero attached hydrogens (tertiary/aromatic N) is 1. The Bertz CT molecular complexity index is 644. The summed E-state index contributed by atoms with van der Waals surface area (Å²) in [5.74, 6) is 0. The van der Waals surface area contributed by atoms with Gasteiger partial charge in [-0.25, -0.2) is 0 Å². The van der Waals surface area contributed by atoms with Gasteiger partial charge >= 0.3 is 5.69 Å². The van der Waals surface area contributed by atoms with Gasteiger partial charge in [-0.15, -0.1) is 0 Å². The smallest absolute Gasteiger partial charge is 0.315 e. The second-order valence-corrected chi connectivity index (χ2v) is 4.53. The lowest BCUT2D eigenvalue weighted by Crippen LogP contribution is -2.03. The zero-order valence-electron chi connectivity index (χ0n) is 11.7. The van der Waals surface area contributed by atoms with E-state index in [1.54, 1.807) is 19.2 Å². The van der Waals surface area contributed by atoms with Crippen molar-refractivity contribution in [3.05, 3.63) is 58.1 Å². The summed E-state index contributed by atoms with van der Waals surface area (Å²) >= 11 is 0. The van der Waals surface area contributed by atoms with E-state index < -0.39 is 4.92 Å². The average molecular weight is 287 g/mol. The minimum Gasteiger partial charge on any atom is -0.393 e. The summed E-state index contributed by atoms with van der Waals surface area (Å²) in [7, 11) is 1.64. The molecule has 6 nitrogen and oxygen atoms in total. The second-order valence-electron chi connectivity index (χ2n) is 4.53. The fourth-order valence-corrected chi connectivity index (χ4v) is 2.08. The average Bonchev–Trinajstić information content (AvgIpc) is 2.46. The molecule has 0 radical (unpaired) electrons. The number of methoxy groups -OCH3 is 1. The van der Waals surface area contributed by atoms with Crippen molar-refractivity contribution in [1.29, 1.82) is 0 Å². The second kappa shape index (κ2) is 6.71. The van der Waals surface area contributed by atoms with Crippen LogP contribution in [0.25, 0.3) is 0 Å². The third kappa shape index (κ3) is 3.49. The molecule has 0 spiro atoms. The molecule has 2 rings (SSSR count). The Morgan fingerprint density at radius 2 is 1.90 bits per heavy atom. The molecule has 0 aromatic heterocycles. The molecule has 3 N–H and O–H groups in total. The molecular weight excluding hydrogens is 270 g/mol. The third-order valence-corrected chi connectivity index (χ3v) is 3.11. The molecule has 2 aromatic carbocycles. The zero-order valence-corrected chi connectivity index (χ0v) is 11.7. The Hall–Kier alpha value is -2.60. The summed E-state index contributed by atoms with van der Waals surface area (Å²) < 4.78 is 5.08. The lowest BCUT2D eigenvalue weighted by molar-refractivity contribution is -0.383. The molecule has 0 atom stereocenters. The first-order valence-electron chi connectivity index (χ1n) is 6.50. The number of nitrogens with two attached hydrogens (primary N) is 1. The maximum Gasteiger partial charge on any atom is 0.315 e. The topological polar surface area (TPSA) is 90.4 Å². The van der Waals surface area contributed by atoms with Crippen LogP contribution in [-0.2, 0) is 11.2 Å². The van der Waals surface area contributed by atoms with Gasteiger partial charge in [-0.05, 0) is 30.2 Å². The van der Waals surface area contributed by atoms with E-state index in [9.17, 15) is 10.1 Å². The normalized spacial score (nSPS) is 10.3. The van der Waals surface area contributed by atoms with Gasteiger partial charge in [0.05, 0.1) is 11.5 Å². The van der Waals surface area contributed by atoms with Crippen LogP contribution in [0, 0.1) is 10.1 Å². The van der Waals surface area contributed by atoms with E-state index >= 15 is 0 Å². The molecule has 6 heteroatoms. The highest BCUT2D eigenvalue weighted by atomic mass is 16.6. The van der Waals surface area contributed by atoms with Crippen LogP contribution in [0.15, 0.2) is 42.5 Å². The Morgan fingerprint density at radius 1 is 1.19 bits per heavy atom. The number of nitrogens with one attached hydrogen (secondary N) is 1. The maximum atomic E-state index is 11.2. The van der Waals surface area contributed by atoms with Crippen LogP contribution in [0.1, 0.15) is 5.56 Å². The summed E-state index contributed by atoms with van der Waals surface area (Å²) in [5.41, 5.74) is 7.93. The predicted molar refractivity (Wildman–Crippen MR) is 82.8 cm³/mol. The van der Waals surface area contributed by atoms with Crippen LogP contribution in [0.4, 0.5) is 22.7 Å². The van der Waals surface area contributed by atoms with Crippen LogP contribution < -0.4 is 11.1 Å². The molecule has 0 aliphatic heterocycles. The van der Waals surface area contributed by atoms with Crippen molar-refractivity contribution in [1.82, 2.24) is 0 Å². The Labute approximate surface area is 122 Å². The van der Waals surface area contributed by atoms with E-state index in [1.165, 1.54) is 6.07 Å². The number of hydrogen-bond donors (Lipinski definition) is 2. The number of nitrogen functional groups attached to an aromatic ring is 1. The summed E-state index contributed by atoms with van der Waals surface area (Å²) in [4.78, 5) is 10.7. The molecule has 0 bridgehead atoms. The lowest BCUT2D eigenvalue weighted by Gasteiger charge is -2.12. The number of nitro benzene ring substituents is 1. The number of nitro groups is 1. The molecule has 0 saturated heterocycles. The first-order chi connectivity index (χ1) is 10.1. The van der Waals surface area contributed by atoms with Crippen molar-refractivity contribution < 1.29 is 9.66 Å². The van der Waals surface area contributed by atoms with Gasteiger partial charge in [-0.3, -0.25) is 10.1 Å². The minimum absolute atomic E-state index is 0.112. The van der Waals surface area contributed by atoms with Gasteiger partial charge in [-0.2, -0.15) is 0 Å². The molecule has 0 saturated carbocycles. The van der Waals surface area contributed by atoms with Crippen LogP contribution in [0.5, 0.6) is 0 Å². The molecule has 0 aliphatic carbocycles. The molecule has 0 amide bonds. The van der Waals surface area contributed by atoms with Crippen molar-refractivity contribution >= 4 is 22.7 Å². The largest absolute Gasteiger partial charge is 0.393 e. The Kier molecular flexibility index (Phi) is 4.73. The van der Waals surface area contributed by atoms with Crippen molar-refractivity contribution in [2.75, 3.05) is 24.8 Å². The Balaban J connectivity index is 2.35. The quantitative estimate of drug-likeness (QED) is 0.484. The summed E-state index contributed by atoms with van der Waals surface area (Å²) in [6.07, 6.45) is 0.718. The van der Waals surface area contributed by atoms with Crippen molar-refractivity contribution in [3.63, 3.8) is 0 Å². The number of ether oxygens (including phenoxy) is 1. The number of benzene rings is 2. The minimum atomic E-state index is -0.477. The standard InChI is InChI=1S/C15H17N3O3/c1-21-10-9-11-5-2-3-7-13(11)17-14-8-4-6-12(16)15(14)18(19)20/h2-8,17H,9-10,16H2,1H3. The maximum absolute atomic E-state index is 11.2. The van der Waals surface area contributed by atoms with Crippen LogP contribution in [-0.4, -0.2) is 18.6 Å². The van der Waals surface area contributed by atoms with Gasteiger partial charge < -0.3 is 15.8 Å². The molecule has 0 heterocycles. The van der Waals surface area contributed by atoms with E-state index in [4.69, 9.17) is 10.5 Å². The highest BCUT2D eigenvalue weighted by Crippen LogP contribution is 2.33.